The molecule has 1 aliphatic rings. The number of hydrogen-bond acceptors (Lipinski definition) is 4. The topological polar surface area (TPSA) is 61.2 Å². The van der Waals surface area contributed by atoms with Crippen LogP contribution in [-0.4, -0.2) is 27.9 Å². The van der Waals surface area contributed by atoms with Crippen molar-refractivity contribution in [3.63, 3.8) is 0 Å². The van der Waals surface area contributed by atoms with Gasteiger partial charge in [-0.25, -0.2) is 9.18 Å². The molecule has 0 saturated carbocycles. The third kappa shape index (κ3) is 3.89. The highest BCUT2D eigenvalue weighted by molar-refractivity contribution is 6.06. The second-order valence-electron chi connectivity index (χ2n) is 8.73. The van der Waals surface area contributed by atoms with Gasteiger partial charge < -0.3 is 9.30 Å². The van der Waals surface area contributed by atoms with E-state index in [9.17, 15) is 14.0 Å². The minimum Gasteiger partial charge on any atom is -0.454 e. The molecule has 2 heterocycles. The number of ketones is 1. The van der Waals surface area contributed by atoms with Gasteiger partial charge >= 0.3 is 5.97 Å². The van der Waals surface area contributed by atoms with Crippen LogP contribution in [0.3, 0.4) is 0 Å². The molecule has 5 rings (SSSR count). The Kier molecular flexibility index (Phi) is 5.74. The van der Waals surface area contributed by atoms with Gasteiger partial charge in [0.2, 0.25) is 5.78 Å². The fourth-order valence-electron chi connectivity index (χ4n) is 4.92. The fraction of sp³-hybridized carbons (Fsp3) is 0.250. The van der Waals surface area contributed by atoms with Crippen LogP contribution in [0.2, 0.25) is 0 Å². The average Bonchev–Trinajstić information content (AvgIpc) is 3.15. The Labute approximate surface area is 197 Å². The number of ether oxygens (including phenoxy) is 1. The van der Waals surface area contributed by atoms with Crippen LogP contribution in [0.1, 0.15) is 56.2 Å². The monoisotopic (exact) mass is 456 g/mol. The summed E-state index contributed by atoms with van der Waals surface area (Å²) < 4.78 is 20.8. The minimum atomic E-state index is -0.488. The van der Waals surface area contributed by atoms with Crippen LogP contribution in [-0.2, 0) is 17.6 Å². The molecule has 5 nitrogen and oxygen atoms in total. The van der Waals surface area contributed by atoms with Gasteiger partial charge in [-0.1, -0.05) is 18.2 Å². The summed E-state index contributed by atoms with van der Waals surface area (Å²) in [7, 11) is 0. The lowest BCUT2D eigenvalue weighted by atomic mass is 9.90. The highest BCUT2D eigenvalue weighted by Gasteiger charge is 2.25. The molecule has 0 N–H and O–H groups in total. The molecule has 2 aromatic carbocycles. The average molecular weight is 457 g/mol. The lowest BCUT2D eigenvalue weighted by molar-refractivity contribution is 0.0475. The van der Waals surface area contributed by atoms with Crippen LogP contribution in [0.15, 0.2) is 54.6 Å². The SMILES string of the molecule is Cc1cc(C(=O)COC(=O)c2c3c(nc4ccccc24)CCCC3)c(C)n1-c1ccc(F)cc1. The Hall–Kier alpha value is -3.80. The van der Waals surface area contributed by atoms with Crippen molar-refractivity contribution in [2.24, 2.45) is 0 Å². The minimum absolute atomic E-state index is 0.276. The third-order valence-electron chi connectivity index (χ3n) is 6.52. The van der Waals surface area contributed by atoms with Crippen LogP contribution in [0, 0.1) is 19.7 Å². The number of hydrogen-bond donors (Lipinski definition) is 0. The zero-order chi connectivity index (χ0) is 23.8. The number of aromatic nitrogens is 2. The highest BCUT2D eigenvalue weighted by atomic mass is 19.1. The smallest absolute Gasteiger partial charge is 0.339 e. The highest BCUT2D eigenvalue weighted by Crippen LogP contribution is 2.30. The summed E-state index contributed by atoms with van der Waals surface area (Å²) in [5.41, 5.74) is 6.00. The number of nitrogens with zero attached hydrogens (tertiary/aromatic N) is 2. The molecule has 6 heteroatoms. The molecule has 0 radical (unpaired) electrons. The van der Waals surface area contributed by atoms with Crippen LogP contribution in [0.5, 0.6) is 0 Å². The maximum Gasteiger partial charge on any atom is 0.339 e. The Bertz CT molecular complexity index is 1420. The van der Waals surface area contributed by atoms with Crippen molar-refractivity contribution in [1.82, 2.24) is 9.55 Å². The van der Waals surface area contributed by atoms with Gasteiger partial charge in [-0.2, -0.15) is 0 Å². The summed E-state index contributed by atoms with van der Waals surface area (Å²) in [5, 5.41) is 0.759. The van der Waals surface area contributed by atoms with Crippen molar-refractivity contribution in [3.8, 4) is 5.69 Å². The van der Waals surface area contributed by atoms with Crippen molar-refractivity contribution < 1.29 is 18.7 Å². The lowest BCUT2D eigenvalue weighted by Gasteiger charge is -2.19. The molecular formula is C28H25FN2O3. The Morgan fingerprint density at radius 3 is 2.56 bits per heavy atom. The molecule has 0 unspecified atom stereocenters. The van der Waals surface area contributed by atoms with E-state index in [-0.39, 0.29) is 18.2 Å². The number of esters is 1. The maximum absolute atomic E-state index is 13.3. The number of benzene rings is 2. The number of aryl methyl sites for hydroxylation is 2. The van der Waals surface area contributed by atoms with Crippen LogP contribution < -0.4 is 0 Å². The van der Waals surface area contributed by atoms with E-state index in [4.69, 9.17) is 9.72 Å². The number of carbonyl (C=O) groups excluding carboxylic acids is 2. The molecular weight excluding hydrogens is 431 g/mol. The lowest BCUT2D eigenvalue weighted by Crippen LogP contribution is -2.19. The summed E-state index contributed by atoms with van der Waals surface area (Å²) in [6.45, 7) is 3.37. The van der Waals surface area contributed by atoms with Crippen LogP contribution in [0.4, 0.5) is 4.39 Å². The summed E-state index contributed by atoms with van der Waals surface area (Å²) >= 11 is 0. The molecule has 0 bridgehead atoms. The van der Waals surface area contributed by atoms with Crippen LogP contribution >= 0.6 is 0 Å². The van der Waals surface area contributed by atoms with Crippen molar-refractivity contribution in [1.29, 1.82) is 0 Å². The van der Waals surface area contributed by atoms with Gasteiger partial charge in [0.05, 0.1) is 11.1 Å². The molecule has 0 amide bonds. The summed E-state index contributed by atoms with van der Waals surface area (Å²) in [6, 6.07) is 15.4. The molecule has 172 valence electrons. The maximum atomic E-state index is 13.3. The molecule has 0 saturated heterocycles. The predicted molar refractivity (Wildman–Crippen MR) is 128 cm³/mol. The molecule has 4 aromatic rings. The normalized spacial score (nSPS) is 13.0. The first-order valence-corrected chi connectivity index (χ1v) is 11.5. The number of Topliss-reactive ketones (excluding diaryl/α,β-unsaturated/α-hetero) is 1. The van der Waals surface area contributed by atoms with E-state index in [2.05, 4.69) is 0 Å². The van der Waals surface area contributed by atoms with E-state index in [1.165, 1.54) is 12.1 Å². The van der Waals surface area contributed by atoms with Gasteiger partial charge in [0, 0.05) is 33.7 Å². The van der Waals surface area contributed by atoms with Crippen LogP contribution in [0.25, 0.3) is 16.6 Å². The first-order valence-electron chi connectivity index (χ1n) is 11.5. The first kappa shape index (κ1) is 22.0. The quantitative estimate of drug-likeness (QED) is 0.286. The first-order chi connectivity index (χ1) is 16.4. The number of para-hydroxylation sites is 1. The molecule has 34 heavy (non-hydrogen) atoms. The number of rotatable bonds is 5. The summed E-state index contributed by atoms with van der Waals surface area (Å²) in [5.74, 6) is -1.08. The second-order valence-corrected chi connectivity index (χ2v) is 8.73. The van der Waals surface area contributed by atoms with E-state index >= 15 is 0 Å². The largest absolute Gasteiger partial charge is 0.454 e. The van der Waals surface area contributed by atoms with Crippen molar-refractivity contribution >= 4 is 22.7 Å². The van der Waals surface area contributed by atoms with Gasteiger partial charge in [0.15, 0.2) is 6.61 Å². The zero-order valence-electron chi connectivity index (χ0n) is 19.2. The molecule has 0 fully saturated rings. The molecule has 0 aliphatic heterocycles. The van der Waals surface area contributed by atoms with Gasteiger partial charge in [0.25, 0.3) is 0 Å². The van der Waals surface area contributed by atoms with E-state index in [1.54, 1.807) is 18.2 Å². The molecule has 0 spiro atoms. The van der Waals surface area contributed by atoms with E-state index in [0.29, 0.717) is 11.1 Å². The fourth-order valence-corrected chi connectivity index (χ4v) is 4.92. The van der Waals surface area contributed by atoms with E-state index in [1.807, 2.05) is 42.7 Å². The zero-order valence-corrected chi connectivity index (χ0v) is 19.2. The number of fused-ring (bicyclic) bond motifs is 2. The molecule has 2 aromatic heterocycles. The third-order valence-corrected chi connectivity index (χ3v) is 6.52. The standard InChI is InChI=1S/C28H25FN2O3/c1-17-15-23(18(2)31(17)20-13-11-19(29)12-14-20)26(32)16-34-28(33)27-21-7-3-5-9-24(21)30-25-10-6-4-8-22(25)27/h3,5,7,9,11-15H,4,6,8,10,16H2,1-2H3. The molecule has 1 aliphatic carbocycles. The van der Waals surface area contributed by atoms with Crippen molar-refractivity contribution in [2.45, 2.75) is 39.5 Å². The number of halogens is 1. The Morgan fingerprint density at radius 2 is 1.76 bits per heavy atom. The van der Waals surface area contributed by atoms with Gasteiger partial charge in [0.1, 0.15) is 5.82 Å². The number of carbonyl (C=O) groups is 2. The summed E-state index contributed by atoms with van der Waals surface area (Å²) in [6.07, 6.45) is 3.68. The van der Waals surface area contributed by atoms with Crippen molar-refractivity contribution in [3.05, 3.63) is 94.2 Å². The van der Waals surface area contributed by atoms with Crippen molar-refractivity contribution in [2.75, 3.05) is 6.61 Å². The number of pyridine rings is 1. The Balaban J connectivity index is 1.41. The summed E-state index contributed by atoms with van der Waals surface area (Å²) in [4.78, 5) is 31.0. The molecule has 0 atom stereocenters. The van der Waals surface area contributed by atoms with Gasteiger partial charge in [-0.3, -0.25) is 9.78 Å². The Morgan fingerprint density at radius 1 is 1.03 bits per heavy atom. The van der Waals surface area contributed by atoms with Gasteiger partial charge in [-0.05, 0) is 81.5 Å². The van der Waals surface area contributed by atoms with Gasteiger partial charge in [-0.15, -0.1) is 0 Å². The second kappa shape index (κ2) is 8.86. The van der Waals surface area contributed by atoms with E-state index < -0.39 is 5.97 Å². The predicted octanol–water partition coefficient (Wildman–Crippen LogP) is 5.70. The van der Waals surface area contributed by atoms with E-state index in [0.717, 1.165) is 64.9 Å².